The first-order valence-corrected chi connectivity index (χ1v) is 6.34. The van der Waals surface area contributed by atoms with Crippen molar-refractivity contribution in [3.05, 3.63) is 23.8 Å². The molecule has 0 aliphatic carbocycles. The summed E-state index contributed by atoms with van der Waals surface area (Å²) in [6.07, 6.45) is 0. The van der Waals surface area contributed by atoms with Crippen LogP contribution in [0.1, 0.15) is 26.3 Å². The lowest BCUT2D eigenvalue weighted by molar-refractivity contribution is -0.00900. The fraction of sp³-hybridized carbons (Fsp3) is 0.571. The Kier molecular flexibility index (Phi) is 4.09. The van der Waals surface area contributed by atoms with E-state index in [4.69, 9.17) is 14.2 Å². The molecule has 0 unspecified atom stereocenters. The first kappa shape index (κ1) is 13.2. The van der Waals surface area contributed by atoms with Gasteiger partial charge in [0.1, 0.15) is 0 Å². The molecule has 18 heavy (non-hydrogen) atoms. The summed E-state index contributed by atoms with van der Waals surface area (Å²) in [4.78, 5) is 0. The minimum absolute atomic E-state index is 0.149. The number of ether oxygens (including phenoxy) is 3. The van der Waals surface area contributed by atoms with Crippen molar-refractivity contribution in [1.82, 2.24) is 5.32 Å². The highest BCUT2D eigenvalue weighted by Gasteiger charge is 2.19. The maximum Gasteiger partial charge on any atom is 0.231 e. The molecule has 0 amide bonds. The summed E-state index contributed by atoms with van der Waals surface area (Å²) < 4.78 is 16.5. The molecule has 0 atom stereocenters. The zero-order valence-electron chi connectivity index (χ0n) is 11.3. The zero-order valence-corrected chi connectivity index (χ0v) is 11.3. The molecular weight excluding hydrogens is 230 g/mol. The molecule has 0 aromatic heterocycles. The van der Waals surface area contributed by atoms with Gasteiger partial charge in [-0.1, -0.05) is 12.1 Å². The molecule has 1 N–H and O–H groups in total. The maximum atomic E-state index is 5.64. The summed E-state index contributed by atoms with van der Waals surface area (Å²) in [5, 5.41) is 3.40. The van der Waals surface area contributed by atoms with Crippen molar-refractivity contribution in [2.45, 2.75) is 32.9 Å². The van der Waals surface area contributed by atoms with Crippen LogP contribution in [0.4, 0.5) is 0 Å². The topological polar surface area (TPSA) is 39.7 Å². The summed E-state index contributed by atoms with van der Waals surface area (Å²) in [5.74, 6) is 1.69. The fourth-order valence-corrected chi connectivity index (χ4v) is 2.07. The Morgan fingerprint density at radius 1 is 1.33 bits per heavy atom. The molecule has 100 valence electrons. The van der Waals surface area contributed by atoms with Gasteiger partial charge in [0.05, 0.1) is 5.60 Å². The van der Waals surface area contributed by atoms with Crippen LogP contribution >= 0.6 is 0 Å². The van der Waals surface area contributed by atoms with E-state index in [9.17, 15) is 0 Å². The molecule has 2 rings (SSSR count). The normalized spacial score (nSPS) is 13.9. The van der Waals surface area contributed by atoms with Crippen LogP contribution < -0.4 is 14.8 Å². The Bertz CT molecular complexity index is 404. The predicted molar refractivity (Wildman–Crippen MR) is 70.0 cm³/mol. The average molecular weight is 251 g/mol. The SMILES string of the molecule is CCOC(C)(C)CNCc1cccc2c1OCO2. The van der Waals surface area contributed by atoms with Gasteiger partial charge in [-0.05, 0) is 26.8 Å². The van der Waals surface area contributed by atoms with Gasteiger partial charge in [-0.25, -0.2) is 0 Å². The van der Waals surface area contributed by atoms with E-state index in [2.05, 4.69) is 19.2 Å². The smallest absolute Gasteiger partial charge is 0.231 e. The molecule has 4 heteroatoms. The number of hydrogen-bond donors (Lipinski definition) is 1. The van der Waals surface area contributed by atoms with Gasteiger partial charge in [-0.2, -0.15) is 0 Å². The van der Waals surface area contributed by atoms with Crippen LogP contribution in [0.2, 0.25) is 0 Å². The second-order valence-corrected chi connectivity index (χ2v) is 4.95. The van der Waals surface area contributed by atoms with Gasteiger partial charge in [0.2, 0.25) is 6.79 Å². The Hall–Kier alpha value is -1.26. The number of benzene rings is 1. The van der Waals surface area contributed by atoms with Crippen molar-refractivity contribution in [2.75, 3.05) is 19.9 Å². The molecule has 1 heterocycles. The number of rotatable bonds is 6. The molecule has 1 aliphatic rings. The van der Waals surface area contributed by atoms with Gasteiger partial charge in [0.15, 0.2) is 11.5 Å². The highest BCUT2D eigenvalue weighted by molar-refractivity contribution is 5.48. The fourth-order valence-electron chi connectivity index (χ4n) is 2.07. The molecule has 0 spiro atoms. The van der Waals surface area contributed by atoms with E-state index in [1.165, 1.54) is 0 Å². The maximum absolute atomic E-state index is 5.64. The van der Waals surface area contributed by atoms with Gasteiger partial charge >= 0.3 is 0 Å². The molecule has 0 bridgehead atoms. The van der Waals surface area contributed by atoms with Crippen molar-refractivity contribution in [3.63, 3.8) is 0 Å². The third kappa shape index (κ3) is 3.15. The highest BCUT2D eigenvalue weighted by Crippen LogP contribution is 2.35. The van der Waals surface area contributed by atoms with Crippen LogP contribution in [0.25, 0.3) is 0 Å². The Morgan fingerprint density at radius 3 is 2.94 bits per heavy atom. The standard InChI is InChI=1S/C14H21NO3/c1-4-18-14(2,3)9-15-8-11-6-5-7-12-13(11)17-10-16-12/h5-7,15H,4,8-10H2,1-3H3. The van der Waals surface area contributed by atoms with Crippen molar-refractivity contribution < 1.29 is 14.2 Å². The second kappa shape index (κ2) is 5.59. The second-order valence-electron chi connectivity index (χ2n) is 4.95. The lowest BCUT2D eigenvalue weighted by atomic mass is 10.1. The van der Waals surface area contributed by atoms with Crippen molar-refractivity contribution in [1.29, 1.82) is 0 Å². The summed E-state index contributed by atoms with van der Waals surface area (Å²) in [5.41, 5.74) is 0.974. The monoisotopic (exact) mass is 251 g/mol. The molecule has 1 aromatic carbocycles. The molecule has 0 fully saturated rings. The summed E-state index contributed by atoms with van der Waals surface area (Å²) >= 11 is 0. The highest BCUT2D eigenvalue weighted by atomic mass is 16.7. The van der Waals surface area contributed by atoms with Crippen LogP contribution in [-0.4, -0.2) is 25.5 Å². The lowest BCUT2D eigenvalue weighted by Crippen LogP contribution is -2.37. The summed E-state index contributed by atoms with van der Waals surface area (Å²) in [7, 11) is 0. The van der Waals surface area contributed by atoms with Crippen LogP contribution in [0.15, 0.2) is 18.2 Å². The minimum atomic E-state index is -0.149. The van der Waals surface area contributed by atoms with Gasteiger partial charge in [0.25, 0.3) is 0 Å². The van der Waals surface area contributed by atoms with E-state index in [0.29, 0.717) is 6.79 Å². The predicted octanol–water partition coefficient (Wildman–Crippen LogP) is 2.32. The van der Waals surface area contributed by atoms with Crippen molar-refractivity contribution in [3.8, 4) is 11.5 Å². The quantitative estimate of drug-likeness (QED) is 0.842. The van der Waals surface area contributed by atoms with E-state index in [-0.39, 0.29) is 5.60 Å². The number of fused-ring (bicyclic) bond motifs is 1. The molecule has 4 nitrogen and oxygen atoms in total. The van der Waals surface area contributed by atoms with E-state index in [1.54, 1.807) is 0 Å². The Morgan fingerprint density at radius 2 is 2.17 bits per heavy atom. The molecule has 1 aliphatic heterocycles. The first-order valence-electron chi connectivity index (χ1n) is 6.34. The third-order valence-corrected chi connectivity index (χ3v) is 2.88. The average Bonchev–Trinajstić information content (AvgIpc) is 2.77. The summed E-state index contributed by atoms with van der Waals surface area (Å²) in [6.45, 7) is 8.77. The molecule has 0 radical (unpaired) electrons. The molecule has 0 saturated carbocycles. The van der Waals surface area contributed by atoms with Crippen LogP contribution in [0.3, 0.4) is 0 Å². The van der Waals surface area contributed by atoms with Gasteiger partial charge < -0.3 is 19.5 Å². The number of hydrogen-bond acceptors (Lipinski definition) is 4. The number of nitrogens with one attached hydrogen (secondary N) is 1. The van der Waals surface area contributed by atoms with E-state index in [0.717, 1.165) is 36.8 Å². The molecular formula is C14H21NO3. The van der Waals surface area contributed by atoms with Gasteiger partial charge in [0, 0.05) is 25.3 Å². The zero-order chi connectivity index (χ0) is 13.0. The van der Waals surface area contributed by atoms with E-state index >= 15 is 0 Å². The Balaban J connectivity index is 1.90. The third-order valence-electron chi connectivity index (χ3n) is 2.88. The molecule has 1 aromatic rings. The van der Waals surface area contributed by atoms with Crippen LogP contribution in [0.5, 0.6) is 11.5 Å². The largest absolute Gasteiger partial charge is 0.454 e. The van der Waals surface area contributed by atoms with Crippen molar-refractivity contribution in [2.24, 2.45) is 0 Å². The number of para-hydroxylation sites is 1. The molecule has 0 saturated heterocycles. The minimum Gasteiger partial charge on any atom is -0.454 e. The Labute approximate surface area is 108 Å². The van der Waals surface area contributed by atoms with Crippen LogP contribution in [0, 0.1) is 0 Å². The lowest BCUT2D eigenvalue weighted by Gasteiger charge is -2.25. The van der Waals surface area contributed by atoms with Crippen LogP contribution in [-0.2, 0) is 11.3 Å². The van der Waals surface area contributed by atoms with Crippen molar-refractivity contribution >= 4 is 0 Å². The van der Waals surface area contributed by atoms with E-state index < -0.39 is 0 Å². The first-order chi connectivity index (χ1) is 8.62. The van der Waals surface area contributed by atoms with E-state index in [1.807, 2.05) is 25.1 Å². The summed E-state index contributed by atoms with van der Waals surface area (Å²) in [6, 6.07) is 5.96. The van der Waals surface area contributed by atoms with Gasteiger partial charge in [-0.3, -0.25) is 0 Å². The van der Waals surface area contributed by atoms with Gasteiger partial charge in [-0.15, -0.1) is 0 Å².